The Bertz CT molecular complexity index is 7.51. The maximum Gasteiger partial charge on any atom is 4.00 e. The molecule has 0 atom stereocenters. The Kier molecular flexibility index (Phi) is 1300. The van der Waals surface area contributed by atoms with E-state index in [2.05, 4.69) is 0 Å². The Morgan fingerprint density at radius 1 is 0.500 bits per heavy atom. The van der Waals surface area contributed by atoms with Gasteiger partial charge < -0.3 is 49.6 Å². The third kappa shape index (κ3) is 41.1. The SMILES string of the molecule is [Cl-].[Cl-].[Cl-].[Cl-].[N].[Pt+4]. The van der Waals surface area contributed by atoms with Gasteiger partial charge in [0.05, 0.1) is 0 Å². The van der Waals surface area contributed by atoms with Gasteiger partial charge in [-0.2, -0.15) is 0 Å². The molecule has 0 spiro atoms. The molecule has 1 nitrogen and oxygen atoms in total. The number of hydrogen-bond donors (Lipinski definition) is 0. The fourth-order valence-corrected chi connectivity index (χ4v) is 0. The standard InChI is InChI=1S/4ClH.N.Pt/h4*1H;;/q;;;;;+4/p-4. The van der Waals surface area contributed by atoms with Crippen molar-refractivity contribution in [2.24, 2.45) is 0 Å². The van der Waals surface area contributed by atoms with Crippen molar-refractivity contribution in [3.63, 3.8) is 0 Å². The Balaban J connectivity index is 0. The van der Waals surface area contributed by atoms with Gasteiger partial charge in [0.25, 0.3) is 0 Å². The predicted molar refractivity (Wildman–Crippen MR) is 2.13 cm³/mol. The maximum absolute atomic E-state index is 0. The molecule has 0 aliphatic carbocycles. The summed E-state index contributed by atoms with van der Waals surface area (Å²) in [6, 6.07) is 0. The van der Waals surface area contributed by atoms with Crippen LogP contribution in [0.2, 0.25) is 0 Å². The second kappa shape index (κ2) is 70.2. The smallest absolute Gasteiger partial charge is 1.00 e. The first kappa shape index (κ1) is 111. The van der Waals surface area contributed by atoms with Gasteiger partial charge in [0, 0.05) is 6.15 Å². The van der Waals surface area contributed by atoms with Gasteiger partial charge in [-0.1, -0.05) is 0 Å². The molecule has 0 aromatic rings. The summed E-state index contributed by atoms with van der Waals surface area (Å²) >= 11 is 0. The molecule has 6 heavy (non-hydrogen) atoms. The summed E-state index contributed by atoms with van der Waals surface area (Å²) in [5.41, 5.74) is 0. The first-order chi connectivity index (χ1) is 0. The average Bonchev–Trinajstić information content (AvgIpc) is 0. The molecular formula is Cl4NPt. The van der Waals surface area contributed by atoms with E-state index in [0.29, 0.717) is 0 Å². The van der Waals surface area contributed by atoms with Crippen molar-refractivity contribution in [1.82, 2.24) is 6.15 Å². The second-order valence-electron chi connectivity index (χ2n) is 0. The predicted octanol–water partition coefficient (Wildman–Crippen LogP) is -12.5. The quantitative estimate of drug-likeness (QED) is 0.415. The molecule has 0 aliphatic heterocycles. The van der Waals surface area contributed by atoms with Gasteiger partial charge >= 0.3 is 21.1 Å². The van der Waals surface area contributed by atoms with Crippen LogP contribution in [0.15, 0.2) is 0 Å². The molecule has 0 heterocycles. The van der Waals surface area contributed by atoms with Crippen molar-refractivity contribution in [3.8, 4) is 0 Å². The molecule has 43 valence electrons. The van der Waals surface area contributed by atoms with E-state index in [1.807, 2.05) is 0 Å². The zero-order chi connectivity index (χ0) is 0. The van der Waals surface area contributed by atoms with Crippen LogP contribution in [0.4, 0.5) is 0 Å². The van der Waals surface area contributed by atoms with Gasteiger partial charge in [-0.3, -0.25) is 0 Å². The Morgan fingerprint density at radius 3 is 0.500 bits per heavy atom. The Labute approximate surface area is 76.5 Å². The largest absolute Gasteiger partial charge is 4.00 e. The molecular weight excluding hydrogens is 351 g/mol. The van der Waals surface area contributed by atoms with Crippen LogP contribution in [-0.2, 0) is 21.1 Å². The summed E-state index contributed by atoms with van der Waals surface area (Å²) in [4.78, 5) is 0. The minimum absolute atomic E-state index is 0. The zero-order valence-corrected chi connectivity index (χ0v) is 7.57. The van der Waals surface area contributed by atoms with Gasteiger partial charge in [0.2, 0.25) is 0 Å². The van der Waals surface area contributed by atoms with E-state index in [1.165, 1.54) is 0 Å². The van der Waals surface area contributed by atoms with Crippen molar-refractivity contribution in [2.75, 3.05) is 0 Å². The molecule has 0 saturated heterocycles. The van der Waals surface area contributed by atoms with Gasteiger partial charge in [-0.15, -0.1) is 0 Å². The minimum Gasteiger partial charge on any atom is -1.00 e. The molecule has 0 rings (SSSR count). The van der Waals surface area contributed by atoms with Crippen LogP contribution in [0, 0.1) is 0 Å². The third-order valence-corrected chi connectivity index (χ3v) is 0. The van der Waals surface area contributed by atoms with E-state index in [-0.39, 0.29) is 76.8 Å². The van der Waals surface area contributed by atoms with Crippen molar-refractivity contribution < 1.29 is 70.7 Å². The molecule has 0 N–H and O–H groups in total. The maximum atomic E-state index is 0. The van der Waals surface area contributed by atoms with E-state index >= 15 is 0 Å². The number of rotatable bonds is 0. The van der Waals surface area contributed by atoms with Crippen molar-refractivity contribution >= 4 is 0 Å². The van der Waals surface area contributed by atoms with Crippen LogP contribution in [-0.4, -0.2) is 0 Å². The fourth-order valence-electron chi connectivity index (χ4n) is 0. The fraction of sp³-hybridized carbons (Fsp3) is 0. The molecule has 0 bridgehead atoms. The van der Waals surface area contributed by atoms with E-state index in [0.717, 1.165) is 0 Å². The Hall–Kier alpha value is 1.81. The van der Waals surface area contributed by atoms with Crippen molar-refractivity contribution in [3.05, 3.63) is 0 Å². The van der Waals surface area contributed by atoms with Gasteiger partial charge in [0.15, 0.2) is 0 Å². The molecule has 0 amide bonds. The topological polar surface area (TPSA) is 30.5 Å². The second-order valence-corrected chi connectivity index (χ2v) is 0. The summed E-state index contributed by atoms with van der Waals surface area (Å²) in [6.45, 7) is 0. The van der Waals surface area contributed by atoms with E-state index in [9.17, 15) is 0 Å². The van der Waals surface area contributed by atoms with Crippen LogP contribution in [0.25, 0.3) is 0 Å². The summed E-state index contributed by atoms with van der Waals surface area (Å²) in [5, 5.41) is 0. The van der Waals surface area contributed by atoms with Gasteiger partial charge in [-0.05, 0) is 0 Å². The van der Waals surface area contributed by atoms with Gasteiger partial charge in [-0.25, -0.2) is 0 Å². The molecule has 0 aromatic carbocycles. The number of hydrogen-bond acceptors (Lipinski definition) is 0. The van der Waals surface area contributed by atoms with Crippen LogP contribution in [0.1, 0.15) is 0 Å². The van der Waals surface area contributed by atoms with Crippen molar-refractivity contribution in [1.29, 1.82) is 0 Å². The molecule has 0 aliphatic rings. The summed E-state index contributed by atoms with van der Waals surface area (Å²) in [6.07, 6.45) is 0. The zero-order valence-electron chi connectivity index (χ0n) is 2.28. The first-order valence-electron chi connectivity index (χ1n) is 0. The molecule has 6 heteroatoms. The molecule has 0 aromatic heterocycles. The van der Waals surface area contributed by atoms with Crippen LogP contribution < -0.4 is 55.8 Å². The molecule has 3 radical (unpaired) electrons. The molecule has 0 saturated carbocycles. The van der Waals surface area contributed by atoms with Crippen LogP contribution >= 0.6 is 0 Å². The van der Waals surface area contributed by atoms with E-state index < -0.39 is 0 Å². The van der Waals surface area contributed by atoms with Crippen molar-refractivity contribution in [2.45, 2.75) is 0 Å². The number of nitrogens with zero attached hydrogens (tertiary/aromatic N) is 1. The minimum atomic E-state index is 0. The monoisotopic (exact) mass is 349 g/mol. The summed E-state index contributed by atoms with van der Waals surface area (Å²) in [5.74, 6) is 0. The van der Waals surface area contributed by atoms with E-state index in [4.69, 9.17) is 0 Å². The normalized spacial score (nSPS) is 0. The molecule has 0 fully saturated rings. The third-order valence-electron chi connectivity index (χ3n) is 0. The van der Waals surface area contributed by atoms with Gasteiger partial charge in [0.1, 0.15) is 0 Å². The average molecular weight is 351 g/mol. The number of halogens is 4. The van der Waals surface area contributed by atoms with Crippen LogP contribution in [0.3, 0.4) is 0 Å². The Morgan fingerprint density at radius 2 is 0.500 bits per heavy atom. The first-order valence-corrected chi connectivity index (χ1v) is 0. The summed E-state index contributed by atoms with van der Waals surface area (Å²) < 4.78 is 0. The summed E-state index contributed by atoms with van der Waals surface area (Å²) in [7, 11) is 0. The van der Waals surface area contributed by atoms with Crippen LogP contribution in [0.5, 0.6) is 0 Å². The van der Waals surface area contributed by atoms with E-state index in [1.54, 1.807) is 0 Å². The molecule has 0 unspecified atom stereocenters.